The van der Waals surface area contributed by atoms with Crippen molar-refractivity contribution in [2.45, 2.75) is 32.7 Å². The van der Waals surface area contributed by atoms with Gasteiger partial charge >= 0.3 is 0 Å². The van der Waals surface area contributed by atoms with Crippen LogP contribution in [0.2, 0.25) is 0 Å². The van der Waals surface area contributed by atoms with Crippen molar-refractivity contribution in [1.82, 2.24) is 9.72 Å². The van der Waals surface area contributed by atoms with Gasteiger partial charge in [0.2, 0.25) is 11.7 Å². The Balaban J connectivity index is 2.19. The summed E-state index contributed by atoms with van der Waals surface area (Å²) in [6.07, 6.45) is 2.13. The number of nitrogens with two attached hydrogens (primary N) is 1. The van der Waals surface area contributed by atoms with Crippen LogP contribution in [0.3, 0.4) is 0 Å². The van der Waals surface area contributed by atoms with Crippen molar-refractivity contribution in [1.29, 1.82) is 0 Å². The minimum atomic E-state index is -0.823. The molecule has 0 radical (unpaired) electrons. The molecule has 0 aliphatic carbocycles. The first-order chi connectivity index (χ1) is 12.9. The Morgan fingerprint density at radius 3 is 2.70 bits per heavy atom. The van der Waals surface area contributed by atoms with Crippen molar-refractivity contribution >= 4 is 11.5 Å². The topological polar surface area (TPSA) is 132 Å². The Morgan fingerprint density at radius 1 is 1.33 bits per heavy atom. The van der Waals surface area contributed by atoms with E-state index in [2.05, 4.69) is 15.4 Å². The molecule has 0 atom stereocenters. The van der Waals surface area contributed by atoms with Crippen LogP contribution in [-0.2, 0) is 12.0 Å². The quantitative estimate of drug-likeness (QED) is 0.638. The maximum Gasteiger partial charge on any atom is 0.254 e. The standard InChI is InChI=1S/C18H21N5O4/c1-4-11-8-14(22-27-11)20-21-16-12(13-6-5-7-26-13)9-15(24)23(17(16)25)18(2,3)10-19/h5-9,25H,4,10,19H2,1-3H3. The molecule has 3 N–H and O–H groups in total. The normalized spacial score (nSPS) is 12.1. The smallest absolute Gasteiger partial charge is 0.254 e. The minimum Gasteiger partial charge on any atom is -0.493 e. The zero-order valence-corrected chi connectivity index (χ0v) is 15.3. The Hall–Kier alpha value is -3.20. The van der Waals surface area contributed by atoms with Gasteiger partial charge < -0.3 is 19.8 Å². The summed E-state index contributed by atoms with van der Waals surface area (Å²) in [7, 11) is 0. The second kappa shape index (κ2) is 7.20. The van der Waals surface area contributed by atoms with Crippen LogP contribution >= 0.6 is 0 Å². The highest BCUT2D eigenvalue weighted by molar-refractivity contribution is 5.75. The number of azo groups is 1. The van der Waals surface area contributed by atoms with Crippen molar-refractivity contribution < 1.29 is 14.0 Å². The number of hydrogen-bond acceptors (Lipinski definition) is 8. The van der Waals surface area contributed by atoms with E-state index in [1.54, 1.807) is 32.0 Å². The van der Waals surface area contributed by atoms with E-state index in [0.29, 0.717) is 23.5 Å². The molecule has 27 heavy (non-hydrogen) atoms. The molecule has 0 aromatic carbocycles. The lowest BCUT2D eigenvalue weighted by atomic mass is 10.0. The molecule has 0 saturated carbocycles. The van der Waals surface area contributed by atoms with Gasteiger partial charge in [0.15, 0.2) is 5.69 Å². The number of nitrogens with zero attached hydrogens (tertiary/aromatic N) is 4. The summed E-state index contributed by atoms with van der Waals surface area (Å²) in [6, 6.07) is 6.32. The molecule has 0 fully saturated rings. The fraction of sp³-hybridized carbons (Fsp3) is 0.333. The number of pyridine rings is 1. The lowest BCUT2D eigenvalue weighted by Crippen LogP contribution is -2.41. The largest absolute Gasteiger partial charge is 0.493 e. The molecule has 142 valence electrons. The summed E-state index contributed by atoms with van der Waals surface area (Å²) >= 11 is 0. The van der Waals surface area contributed by atoms with Gasteiger partial charge in [0, 0.05) is 25.1 Å². The molecule has 3 rings (SSSR count). The molecule has 3 heterocycles. The summed E-state index contributed by atoms with van der Waals surface area (Å²) in [5.41, 5.74) is 4.92. The van der Waals surface area contributed by atoms with E-state index >= 15 is 0 Å². The number of furan rings is 1. The third-order valence-corrected chi connectivity index (χ3v) is 4.21. The Labute approximate surface area is 155 Å². The molecule has 3 aromatic heterocycles. The summed E-state index contributed by atoms with van der Waals surface area (Å²) in [4.78, 5) is 12.6. The monoisotopic (exact) mass is 371 g/mol. The van der Waals surface area contributed by atoms with E-state index < -0.39 is 11.1 Å². The fourth-order valence-corrected chi connectivity index (χ4v) is 2.60. The summed E-state index contributed by atoms with van der Waals surface area (Å²) in [5, 5.41) is 22.8. The Kier molecular flexibility index (Phi) is 4.95. The van der Waals surface area contributed by atoms with Gasteiger partial charge in [0.1, 0.15) is 11.5 Å². The molecule has 0 unspecified atom stereocenters. The Morgan fingerprint density at radius 2 is 2.11 bits per heavy atom. The maximum atomic E-state index is 12.6. The van der Waals surface area contributed by atoms with Crippen molar-refractivity contribution in [3.8, 4) is 17.2 Å². The lowest BCUT2D eigenvalue weighted by molar-refractivity contribution is 0.297. The molecule has 0 amide bonds. The second-order valence-electron chi connectivity index (χ2n) is 6.60. The van der Waals surface area contributed by atoms with E-state index in [0.717, 1.165) is 0 Å². The number of aromatic hydroxyl groups is 1. The predicted molar refractivity (Wildman–Crippen MR) is 98.5 cm³/mol. The van der Waals surface area contributed by atoms with Crippen LogP contribution in [0.15, 0.2) is 54.5 Å². The average Bonchev–Trinajstić information content (AvgIpc) is 3.32. The van der Waals surface area contributed by atoms with E-state index in [1.165, 1.54) is 16.9 Å². The van der Waals surface area contributed by atoms with Crippen LogP contribution in [0, 0.1) is 0 Å². The molecule has 0 spiro atoms. The summed E-state index contributed by atoms with van der Waals surface area (Å²) in [6.45, 7) is 5.55. The van der Waals surface area contributed by atoms with Crippen molar-refractivity contribution in [2.75, 3.05) is 6.54 Å². The van der Waals surface area contributed by atoms with Gasteiger partial charge in [-0.1, -0.05) is 12.1 Å². The van der Waals surface area contributed by atoms with Gasteiger partial charge in [0.05, 0.1) is 17.4 Å². The Bertz CT molecular complexity index is 1020. The summed E-state index contributed by atoms with van der Waals surface area (Å²) < 4.78 is 11.7. The molecule has 9 nitrogen and oxygen atoms in total. The van der Waals surface area contributed by atoms with Gasteiger partial charge in [-0.2, -0.15) is 0 Å². The van der Waals surface area contributed by atoms with Crippen LogP contribution < -0.4 is 11.3 Å². The van der Waals surface area contributed by atoms with Crippen LogP contribution in [-0.4, -0.2) is 21.4 Å². The second-order valence-corrected chi connectivity index (χ2v) is 6.60. The maximum absolute atomic E-state index is 12.6. The SMILES string of the molecule is CCc1cc(N=Nc2c(-c3ccco3)cc(=O)n(C(C)(C)CN)c2O)no1. The van der Waals surface area contributed by atoms with Crippen LogP contribution in [0.4, 0.5) is 11.5 Å². The van der Waals surface area contributed by atoms with Gasteiger partial charge in [-0.3, -0.25) is 9.36 Å². The van der Waals surface area contributed by atoms with E-state index in [-0.39, 0.29) is 23.9 Å². The minimum absolute atomic E-state index is 0.0760. The van der Waals surface area contributed by atoms with Crippen LogP contribution in [0.1, 0.15) is 26.5 Å². The van der Waals surface area contributed by atoms with Gasteiger partial charge in [0.25, 0.3) is 5.56 Å². The molecule has 3 aromatic rings. The predicted octanol–water partition coefficient (Wildman–Crippen LogP) is 3.47. The number of aromatic nitrogens is 2. The zero-order chi connectivity index (χ0) is 19.6. The van der Waals surface area contributed by atoms with Crippen LogP contribution in [0.25, 0.3) is 11.3 Å². The van der Waals surface area contributed by atoms with Gasteiger partial charge in [-0.05, 0) is 26.0 Å². The molecule has 0 aliphatic rings. The van der Waals surface area contributed by atoms with Gasteiger partial charge in [-0.25, -0.2) is 0 Å². The van der Waals surface area contributed by atoms with Crippen LogP contribution in [0.5, 0.6) is 5.88 Å². The molecule has 0 bridgehead atoms. The first-order valence-electron chi connectivity index (χ1n) is 8.48. The first kappa shape index (κ1) is 18.6. The van der Waals surface area contributed by atoms with Crippen molar-refractivity contribution in [2.24, 2.45) is 16.0 Å². The number of hydrogen-bond donors (Lipinski definition) is 2. The van der Waals surface area contributed by atoms with Crippen molar-refractivity contribution in [3.63, 3.8) is 0 Å². The highest BCUT2D eigenvalue weighted by Crippen LogP contribution is 2.39. The molecular formula is C18H21N5O4. The highest BCUT2D eigenvalue weighted by atomic mass is 16.5. The van der Waals surface area contributed by atoms with E-state index in [9.17, 15) is 9.90 Å². The number of aryl methyl sites for hydroxylation is 1. The zero-order valence-electron chi connectivity index (χ0n) is 15.3. The fourth-order valence-electron chi connectivity index (χ4n) is 2.60. The third-order valence-electron chi connectivity index (χ3n) is 4.21. The molecular weight excluding hydrogens is 350 g/mol. The molecule has 0 saturated heterocycles. The lowest BCUT2D eigenvalue weighted by Gasteiger charge is -2.27. The summed E-state index contributed by atoms with van der Waals surface area (Å²) in [5.74, 6) is 0.942. The molecule has 0 aliphatic heterocycles. The average molecular weight is 371 g/mol. The first-order valence-corrected chi connectivity index (χ1v) is 8.48. The van der Waals surface area contributed by atoms with E-state index in [4.69, 9.17) is 14.7 Å². The number of rotatable bonds is 6. The molecule has 9 heteroatoms. The van der Waals surface area contributed by atoms with Gasteiger partial charge in [-0.15, -0.1) is 10.2 Å². The highest BCUT2D eigenvalue weighted by Gasteiger charge is 2.27. The third kappa shape index (κ3) is 3.54. The van der Waals surface area contributed by atoms with Crippen molar-refractivity contribution in [3.05, 3.63) is 46.6 Å². The van der Waals surface area contributed by atoms with E-state index in [1.807, 2.05) is 6.92 Å².